The highest BCUT2D eigenvalue weighted by Crippen LogP contribution is 2.29. The highest BCUT2D eigenvalue weighted by molar-refractivity contribution is 7.09. The van der Waals surface area contributed by atoms with Crippen molar-refractivity contribution in [1.29, 1.82) is 0 Å². The third-order valence-electron chi connectivity index (χ3n) is 3.49. The second-order valence-electron chi connectivity index (χ2n) is 5.39. The van der Waals surface area contributed by atoms with Gasteiger partial charge in [0.25, 0.3) is 0 Å². The number of nitrogens with zero attached hydrogens (tertiary/aromatic N) is 1. The Hall–Kier alpha value is -2.31. The van der Waals surface area contributed by atoms with E-state index in [1.54, 1.807) is 18.4 Å². The number of benzene rings is 1. The molecule has 2 heterocycles. The molecule has 0 bridgehead atoms. The monoisotopic (exact) mass is 344 g/mol. The molecule has 1 aromatic carbocycles. The Labute approximate surface area is 145 Å². The zero-order valence-corrected chi connectivity index (χ0v) is 14.6. The Morgan fingerprint density at radius 2 is 2.08 bits per heavy atom. The number of hydrogen-bond donors (Lipinski definition) is 1. The van der Waals surface area contributed by atoms with E-state index in [4.69, 9.17) is 14.0 Å². The number of aryl methyl sites for hydroxylation is 1. The van der Waals surface area contributed by atoms with Crippen LogP contribution in [0.3, 0.4) is 0 Å². The van der Waals surface area contributed by atoms with Crippen molar-refractivity contribution < 1.29 is 14.0 Å². The summed E-state index contributed by atoms with van der Waals surface area (Å²) in [7, 11) is 1.66. The predicted octanol–water partition coefficient (Wildman–Crippen LogP) is 3.92. The number of hydrogen-bond acceptors (Lipinski definition) is 6. The van der Waals surface area contributed by atoms with Gasteiger partial charge in [0, 0.05) is 24.0 Å². The summed E-state index contributed by atoms with van der Waals surface area (Å²) >= 11 is 1.68. The van der Waals surface area contributed by atoms with Gasteiger partial charge in [0.05, 0.1) is 12.8 Å². The maximum absolute atomic E-state index is 5.85. The van der Waals surface area contributed by atoms with Gasteiger partial charge in [0.2, 0.25) is 0 Å². The summed E-state index contributed by atoms with van der Waals surface area (Å²) in [5.74, 6) is 2.31. The Balaban J connectivity index is 1.56. The Bertz CT molecular complexity index is 768. The molecule has 6 heteroatoms. The minimum atomic E-state index is 0.553. The van der Waals surface area contributed by atoms with Crippen LogP contribution in [0.25, 0.3) is 0 Å². The molecule has 2 aromatic heterocycles. The van der Waals surface area contributed by atoms with Gasteiger partial charge in [0.15, 0.2) is 11.5 Å². The average molecular weight is 344 g/mol. The molecular weight excluding hydrogens is 324 g/mol. The van der Waals surface area contributed by atoms with Crippen molar-refractivity contribution in [3.8, 4) is 11.5 Å². The number of thiophene rings is 1. The van der Waals surface area contributed by atoms with Gasteiger partial charge >= 0.3 is 0 Å². The molecule has 0 atom stereocenters. The number of rotatable bonds is 8. The van der Waals surface area contributed by atoms with Crippen LogP contribution < -0.4 is 14.8 Å². The zero-order valence-electron chi connectivity index (χ0n) is 13.7. The molecule has 1 N–H and O–H groups in total. The standard InChI is InChI=1S/C18H20N2O3S/c1-13-8-15(20-23-13)11-19-10-14-5-6-17(18(9-14)21-2)22-12-16-4-3-7-24-16/h3-9,19H,10-12H2,1-2H3. The van der Waals surface area contributed by atoms with E-state index in [0.717, 1.165) is 28.5 Å². The maximum Gasteiger partial charge on any atom is 0.161 e. The lowest BCUT2D eigenvalue weighted by atomic mass is 10.2. The molecule has 0 saturated carbocycles. The number of aromatic nitrogens is 1. The lowest BCUT2D eigenvalue weighted by Crippen LogP contribution is -2.13. The lowest BCUT2D eigenvalue weighted by Gasteiger charge is -2.12. The van der Waals surface area contributed by atoms with Crippen molar-refractivity contribution in [2.75, 3.05) is 7.11 Å². The van der Waals surface area contributed by atoms with Crippen molar-refractivity contribution in [2.45, 2.75) is 26.6 Å². The van der Waals surface area contributed by atoms with Crippen molar-refractivity contribution in [2.24, 2.45) is 0 Å². The van der Waals surface area contributed by atoms with E-state index in [1.807, 2.05) is 42.6 Å². The average Bonchev–Trinajstić information content (AvgIpc) is 3.25. The SMILES string of the molecule is COc1cc(CNCc2cc(C)on2)ccc1OCc1cccs1. The normalized spacial score (nSPS) is 10.8. The quantitative estimate of drug-likeness (QED) is 0.671. The molecular formula is C18H20N2O3S. The molecule has 0 radical (unpaired) electrons. The summed E-state index contributed by atoms with van der Waals surface area (Å²) < 4.78 is 16.3. The van der Waals surface area contributed by atoms with Gasteiger partial charge in [-0.3, -0.25) is 0 Å². The molecule has 0 aliphatic heterocycles. The maximum atomic E-state index is 5.85. The van der Waals surface area contributed by atoms with E-state index in [1.165, 1.54) is 4.88 Å². The number of ether oxygens (including phenoxy) is 2. The first kappa shape index (κ1) is 16.5. The molecule has 126 valence electrons. The Morgan fingerprint density at radius 1 is 1.17 bits per heavy atom. The largest absolute Gasteiger partial charge is 0.493 e. The minimum absolute atomic E-state index is 0.553. The molecule has 0 unspecified atom stereocenters. The van der Waals surface area contributed by atoms with Crippen LogP contribution in [0.15, 0.2) is 46.3 Å². The summed E-state index contributed by atoms with van der Waals surface area (Å²) in [4.78, 5) is 1.19. The van der Waals surface area contributed by atoms with Crippen LogP contribution in [0.5, 0.6) is 11.5 Å². The Kier molecular flexibility index (Phi) is 5.51. The molecule has 0 spiro atoms. The van der Waals surface area contributed by atoms with E-state index in [2.05, 4.69) is 16.5 Å². The fourth-order valence-corrected chi connectivity index (χ4v) is 2.94. The van der Waals surface area contributed by atoms with Crippen molar-refractivity contribution in [3.05, 3.63) is 63.7 Å². The molecule has 24 heavy (non-hydrogen) atoms. The van der Waals surface area contributed by atoms with E-state index in [0.29, 0.717) is 19.7 Å². The molecule has 0 saturated heterocycles. The summed E-state index contributed by atoms with van der Waals surface area (Å²) in [5, 5.41) is 9.34. The van der Waals surface area contributed by atoms with E-state index >= 15 is 0 Å². The van der Waals surface area contributed by atoms with E-state index in [9.17, 15) is 0 Å². The van der Waals surface area contributed by atoms with Crippen LogP contribution >= 0.6 is 11.3 Å². The first-order valence-corrected chi connectivity index (χ1v) is 8.57. The topological polar surface area (TPSA) is 56.5 Å². The van der Waals surface area contributed by atoms with Crippen LogP contribution in [-0.2, 0) is 19.7 Å². The van der Waals surface area contributed by atoms with Crippen molar-refractivity contribution in [1.82, 2.24) is 10.5 Å². The van der Waals surface area contributed by atoms with Gasteiger partial charge in [-0.05, 0) is 36.1 Å². The molecule has 0 aliphatic carbocycles. The fourth-order valence-electron chi connectivity index (χ4n) is 2.32. The molecule has 0 amide bonds. The number of methoxy groups -OCH3 is 1. The zero-order chi connectivity index (χ0) is 16.8. The molecule has 3 rings (SSSR count). The van der Waals surface area contributed by atoms with Gasteiger partial charge < -0.3 is 19.3 Å². The smallest absolute Gasteiger partial charge is 0.161 e. The van der Waals surface area contributed by atoms with E-state index in [-0.39, 0.29) is 0 Å². The molecule has 0 aliphatic rings. The summed E-state index contributed by atoms with van der Waals surface area (Å²) in [6.07, 6.45) is 0. The van der Waals surface area contributed by atoms with E-state index < -0.39 is 0 Å². The highest BCUT2D eigenvalue weighted by Gasteiger charge is 2.07. The van der Waals surface area contributed by atoms with Gasteiger partial charge in [-0.1, -0.05) is 17.3 Å². The molecule has 0 fully saturated rings. The van der Waals surface area contributed by atoms with Crippen molar-refractivity contribution in [3.63, 3.8) is 0 Å². The van der Waals surface area contributed by atoms with Crippen LogP contribution in [0.2, 0.25) is 0 Å². The third-order valence-corrected chi connectivity index (χ3v) is 4.34. The molecule has 3 aromatic rings. The fraction of sp³-hybridized carbons (Fsp3) is 0.278. The minimum Gasteiger partial charge on any atom is -0.493 e. The summed E-state index contributed by atoms with van der Waals surface area (Å²) in [6.45, 7) is 3.82. The third kappa shape index (κ3) is 4.37. The highest BCUT2D eigenvalue weighted by atomic mass is 32.1. The predicted molar refractivity (Wildman–Crippen MR) is 93.4 cm³/mol. The van der Waals surface area contributed by atoms with Gasteiger partial charge in [-0.25, -0.2) is 0 Å². The second-order valence-corrected chi connectivity index (χ2v) is 6.42. The van der Waals surface area contributed by atoms with Crippen LogP contribution in [0.4, 0.5) is 0 Å². The van der Waals surface area contributed by atoms with Crippen molar-refractivity contribution >= 4 is 11.3 Å². The second kappa shape index (κ2) is 7.99. The number of nitrogens with one attached hydrogen (secondary N) is 1. The first-order valence-electron chi connectivity index (χ1n) is 7.69. The summed E-state index contributed by atoms with van der Waals surface area (Å²) in [5.41, 5.74) is 2.02. The lowest BCUT2D eigenvalue weighted by molar-refractivity contribution is 0.287. The van der Waals surface area contributed by atoms with Crippen LogP contribution in [-0.4, -0.2) is 12.3 Å². The van der Waals surface area contributed by atoms with Gasteiger partial charge in [-0.15, -0.1) is 11.3 Å². The molecule has 5 nitrogen and oxygen atoms in total. The first-order chi connectivity index (χ1) is 11.7. The Morgan fingerprint density at radius 3 is 2.79 bits per heavy atom. The van der Waals surface area contributed by atoms with Crippen LogP contribution in [0, 0.1) is 6.92 Å². The van der Waals surface area contributed by atoms with Gasteiger partial charge in [0.1, 0.15) is 12.4 Å². The van der Waals surface area contributed by atoms with Gasteiger partial charge in [-0.2, -0.15) is 0 Å². The summed E-state index contributed by atoms with van der Waals surface area (Å²) in [6, 6.07) is 12.0. The van der Waals surface area contributed by atoms with Crippen LogP contribution in [0.1, 0.15) is 21.9 Å².